The van der Waals surface area contributed by atoms with Gasteiger partial charge in [-0.1, -0.05) is 48.0 Å². The molecule has 0 radical (unpaired) electrons. The summed E-state index contributed by atoms with van der Waals surface area (Å²) in [5.41, 5.74) is 0. The number of ether oxygens (including phenoxy) is 1. The molecule has 0 amide bonds. The second kappa shape index (κ2) is 14.0. The van der Waals surface area contributed by atoms with E-state index in [0.717, 1.165) is 31.5 Å². The molecule has 0 bridgehead atoms. The molecule has 17 heavy (non-hydrogen) atoms. The van der Waals surface area contributed by atoms with Crippen molar-refractivity contribution in [2.75, 3.05) is 19.8 Å². The van der Waals surface area contributed by atoms with Crippen LogP contribution in [0.3, 0.4) is 0 Å². The van der Waals surface area contributed by atoms with E-state index in [2.05, 4.69) is 34.6 Å². The maximum absolute atomic E-state index is 8.33. The quantitative estimate of drug-likeness (QED) is 0.653. The van der Waals surface area contributed by atoms with Crippen LogP contribution in [-0.2, 0) is 4.74 Å². The fraction of sp³-hybridized carbons (Fsp3) is 1.00. The van der Waals surface area contributed by atoms with E-state index in [4.69, 9.17) is 9.84 Å². The van der Waals surface area contributed by atoms with Crippen molar-refractivity contribution in [3.05, 3.63) is 0 Å². The van der Waals surface area contributed by atoms with E-state index in [1.807, 2.05) is 6.92 Å². The van der Waals surface area contributed by atoms with Crippen LogP contribution in [0.4, 0.5) is 0 Å². The maximum Gasteiger partial charge on any atom is 0.0468 e. The van der Waals surface area contributed by atoms with Gasteiger partial charge in [0.05, 0.1) is 0 Å². The lowest BCUT2D eigenvalue weighted by Gasteiger charge is -2.07. The molecule has 2 nitrogen and oxygen atoms in total. The largest absolute Gasteiger partial charge is 0.396 e. The molecule has 1 unspecified atom stereocenters. The van der Waals surface area contributed by atoms with Crippen molar-refractivity contribution in [2.24, 2.45) is 17.8 Å². The van der Waals surface area contributed by atoms with Crippen molar-refractivity contribution in [2.45, 2.75) is 60.8 Å². The molecular weight excluding hydrogens is 212 g/mol. The van der Waals surface area contributed by atoms with Crippen molar-refractivity contribution in [1.82, 2.24) is 0 Å². The maximum atomic E-state index is 8.33. The Hall–Kier alpha value is -0.0800. The fourth-order valence-electron chi connectivity index (χ4n) is 0.869. The Morgan fingerprint density at radius 2 is 1.29 bits per heavy atom. The van der Waals surface area contributed by atoms with Gasteiger partial charge in [-0.15, -0.1) is 0 Å². The van der Waals surface area contributed by atoms with Crippen LogP contribution in [0.5, 0.6) is 0 Å². The van der Waals surface area contributed by atoms with Crippen molar-refractivity contribution < 1.29 is 9.84 Å². The summed E-state index contributed by atoms with van der Waals surface area (Å²) in [5.74, 6) is 2.04. The number of aliphatic hydroxyl groups excluding tert-OH is 1. The van der Waals surface area contributed by atoms with Gasteiger partial charge in [0.1, 0.15) is 0 Å². The van der Waals surface area contributed by atoms with Gasteiger partial charge in [-0.3, -0.25) is 0 Å². The van der Waals surface area contributed by atoms with Gasteiger partial charge >= 0.3 is 0 Å². The normalized spacial score (nSPS) is 12.5. The molecule has 0 aliphatic carbocycles. The molecule has 0 aliphatic heterocycles. The van der Waals surface area contributed by atoms with Gasteiger partial charge in [0.2, 0.25) is 0 Å². The molecule has 0 rings (SSSR count). The summed E-state index contributed by atoms with van der Waals surface area (Å²) in [6.07, 6.45) is 3.46. The van der Waals surface area contributed by atoms with Crippen LogP contribution in [0, 0.1) is 17.8 Å². The number of hydrogen-bond donors (Lipinski definition) is 1. The van der Waals surface area contributed by atoms with E-state index in [1.54, 1.807) is 0 Å². The summed E-state index contributed by atoms with van der Waals surface area (Å²) < 4.78 is 5.46. The number of hydrogen-bond acceptors (Lipinski definition) is 2. The van der Waals surface area contributed by atoms with E-state index in [9.17, 15) is 0 Å². The van der Waals surface area contributed by atoms with Gasteiger partial charge in [0.25, 0.3) is 0 Å². The third-order valence-electron chi connectivity index (χ3n) is 2.69. The molecular formula is C15H34O2. The lowest BCUT2D eigenvalue weighted by Crippen LogP contribution is -2.02. The molecule has 106 valence electrons. The van der Waals surface area contributed by atoms with Crippen LogP contribution in [0.2, 0.25) is 0 Å². The first-order valence-electron chi connectivity index (χ1n) is 7.12. The van der Waals surface area contributed by atoms with E-state index in [0.29, 0.717) is 12.5 Å². The van der Waals surface area contributed by atoms with Crippen LogP contribution in [0.15, 0.2) is 0 Å². The van der Waals surface area contributed by atoms with Crippen molar-refractivity contribution >= 4 is 0 Å². The molecule has 0 spiro atoms. The van der Waals surface area contributed by atoms with Crippen LogP contribution in [0.1, 0.15) is 60.8 Å². The summed E-state index contributed by atoms with van der Waals surface area (Å²) in [6, 6.07) is 0. The molecule has 0 aromatic heterocycles. The average Bonchev–Trinajstić information content (AvgIpc) is 2.27. The number of aliphatic hydroxyl groups is 1. The highest BCUT2D eigenvalue weighted by Crippen LogP contribution is 2.02. The van der Waals surface area contributed by atoms with Gasteiger partial charge in [-0.05, 0) is 30.6 Å². The number of rotatable bonds is 8. The predicted molar refractivity (Wildman–Crippen MR) is 76.3 cm³/mol. The van der Waals surface area contributed by atoms with Crippen LogP contribution >= 0.6 is 0 Å². The lowest BCUT2D eigenvalue weighted by molar-refractivity contribution is 0.114. The van der Waals surface area contributed by atoms with E-state index in [1.165, 1.54) is 12.8 Å². The molecule has 0 saturated carbocycles. The first kappa shape index (κ1) is 19.3. The van der Waals surface area contributed by atoms with Crippen LogP contribution in [-0.4, -0.2) is 24.9 Å². The minimum atomic E-state index is 0.330. The molecule has 0 fully saturated rings. The van der Waals surface area contributed by atoms with Gasteiger partial charge in [0, 0.05) is 19.8 Å². The monoisotopic (exact) mass is 246 g/mol. The van der Waals surface area contributed by atoms with Crippen LogP contribution < -0.4 is 0 Å². The third kappa shape index (κ3) is 21.7. The van der Waals surface area contributed by atoms with Crippen molar-refractivity contribution in [1.29, 1.82) is 0 Å². The highest BCUT2D eigenvalue weighted by Gasteiger charge is 1.95. The Balaban J connectivity index is 0. The van der Waals surface area contributed by atoms with Crippen molar-refractivity contribution in [3.8, 4) is 0 Å². The summed E-state index contributed by atoms with van der Waals surface area (Å²) in [6.45, 7) is 15.2. The first-order chi connectivity index (χ1) is 7.93. The summed E-state index contributed by atoms with van der Waals surface area (Å²) >= 11 is 0. The second-order valence-corrected chi connectivity index (χ2v) is 5.67. The summed E-state index contributed by atoms with van der Waals surface area (Å²) in [4.78, 5) is 0. The zero-order valence-corrected chi connectivity index (χ0v) is 12.8. The lowest BCUT2D eigenvalue weighted by atomic mass is 10.1. The van der Waals surface area contributed by atoms with E-state index >= 15 is 0 Å². The molecule has 0 heterocycles. The minimum Gasteiger partial charge on any atom is -0.396 e. The average molecular weight is 246 g/mol. The van der Waals surface area contributed by atoms with Gasteiger partial charge in [-0.2, -0.15) is 0 Å². The highest BCUT2D eigenvalue weighted by atomic mass is 16.5. The Bertz CT molecular complexity index is 119. The summed E-state index contributed by atoms with van der Waals surface area (Å²) in [5, 5.41) is 8.33. The molecule has 1 N–H and O–H groups in total. The predicted octanol–water partition coefficient (Wildman–Crippen LogP) is 4.12. The standard InChI is InChI=1S/C10H22O.C5H12O/c1-9(2)5-7-11-8-6-10(3)4;1-3-5(2)4-6/h9-10H,5-8H2,1-4H3;5-6H,3-4H2,1-2H3. The second-order valence-electron chi connectivity index (χ2n) is 5.67. The highest BCUT2D eigenvalue weighted by molar-refractivity contribution is 4.45. The van der Waals surface area contributed by atoms with E-state index in [-0.39, 0.29) is 0 Å². The Kier molecular flexibility index (Phi) is 15.8. The van der Waals surface area contributed by atoms with E-state index < -0.39 is 0 Å². The minimum absolute atomic E-state index is 0.330. The Labute approximate surface area is 109 Å². The first-order valence-corrected chi connectivity index (χ1v) is 7.12. The van der Waals surface area contributed by atoms with Gasteiger partial charge in [0.15, 0.2) is 0 Å². The summed E-state index contributed by atoms with van der Waals surface area (Å²) in [7, 11) is 0. The Morgan fingerprint density at radius 1 is 0.882 bits per heavy atom. The molecule has 0 aromatic rings. The van der Waals surface area contributed by atoms with Gasteiger partial charge in [-0.25, -0.2) is 0 Å². The van der Waals surface area contributed by atoms with Crippen molar-refractivity contribution in [3.63, 3.8) is 0 Å². The third-order valence-corrected chi connectivity index (χ3v) is 2.69. The SMILES string of the molecule is CC(C)CCOCCC(C)C.CCC(C)CO. The molecule has 0 aromatic carbocycles. The topological polar surface area (TPSA) is 29.5 Å². The Morgan fingerprint density at radius 3 is 1.47 bits per heavy atom. The fourth-order valence-corrected chi connectivity index (χ4v) is 0.869. The molecule has 0 saturated heterocycles. The van der Waals surface area contributed by atoms with Crippen LogP contribution in [0.25, 0.3) is 0 Å². The molecule has 1 atom stereocenters. The van der Waals surface area contributed by atoms with Gasteiger partial charge < -0.3 is 9.84 Å². The smallest absolute Gasteiger partial charge is 0.0468 e. The zero-order chi connectivity index (χ0) is 13.7. The molecule has 2 heteroatoms. The molecule has 0 aliphatic rings. The zero-order valence-electron chi connectivity index (χ0n) is 12.8.